The molecule has 0 saturated heterocycles. The molecular formula is C12H13Br2N3OS. The van der Waals surface area contributed by atoms with Gasteiger partial charge in [-0.2, -0.15) is 5.10 Å². The normalized spacial score (nSPS) is 11.2. The SMILES string of the molecule is CN(CC(=O)c1cc(Br)sc1Br)Cc1cnn(C)c1. The minimum Gasteiger partial charge on any atom is -0.294 e. The highest BCUT2D eigenvalue weighted by molar-refractivity contribution is 9.12. The molecule has 7 heteroatoms. The largest absolute Gasteiger partial charge is 0.294 e. The quantitative estimate of drug-likeness (QED) is 0.714. The van der Waals surface area contributed by atoms with Gasteiger partial charge >= 0.3 is 0 Å². The molecule has 0 aromatic carbocycles. The molecule has 0 fully saturated rings. The Bertz CT molecular complexity index is 594. The maximum absolute atomic E-state index is 12.2. The first-order valence-electron chi connectivity index (χ1n) is 5.60. The van der Waals surface area contributed by atoms with E-state index < -0.39 is 0 Å². The minimum atomic E-state index is 0.111. The Morgan fingerprint density at radius 3 is 2.79 bits per heavy atom. The van der Waals surface area contributed by atoms with Crippen LogP contribution in [-0.4, -0.2) is 34.1 Å². The summed E-state index contributed by atoms with van der Waals surface area (Å²) < 4.78 is 3.59. The first-order chi connectivity index (χ1) is 8.95. The van der Waals surface area contributed by atoms with Gasteiger partial charge in [-0.05, 0) is 45.0 Å². The average Bonchev–Trinajstić information content (AvgIpc) is 2.84. The fourth-order valence-corrected chi connectivity index (χ4v) is 4.64. The number of Topliss-reactive ketones (excluding diaryl/α,β-unsaturated/α-hetero) is 1. The predicted molar refractivity (Wildman–Crippen MR) is 83.6 cm³/mol. The van der Waals surface area contributed by atoms with Crippen LogP contribution in [0.2, 0.25) is 0 Å². The average molecular weight is 407 g/mol. The van der Waals surface area contributed by atoms with E-state index >= 15 is 0 Å². The van der Waals surface area contributed by atoms with Crippen LogP contribution in [-0.2, 0) is 13.6 Å². The zero-order valence-corrected chi connectivity index (χ0v) is 14.5. The van der Waals surface area contributed by atoms with Crippen LogP contribution in [0.3, 0.4) is 0 Å². The molecule has 0 bridgehead atoms. The number of likely N-dealkylation sites (N-methyl/N-ethyl adjacent to an activating group) is 1. The van der Waals surface area contributed by atoms with Gasteiger partial charge in [-0.25, -0.2) is 0 Å². The summed E-state index contributed by atoms with van der Waals surface area (Å²) in [6.45, 7) is 1.10. The molecule has 2 heterocycles. The summed E-state index contributed by atoms with van der Waals surface area (Å²) in [6, 6.07) is 1.86. The van der Waals surface area contributed by atoms with Gasteiger partial charge in [-0.3, -0.25) is 14.4 Å². The fraction of sp³-hybridized carbons (Fsp3) is 0.333. The van der Waals surface area contributed by atoms with Crippen molar-refractivity contribution in [3.05, 3.63) is 37.2 Å². The third kappa shape index (κ3) is 3.98. The van der Waals surface area contributed by atoms with Crippen molar-refractivity contribution < 1.29 is 4.79 Å². The molecular weight excluding hydrogens is 394 g/mol. The van der Waals surface area contributed by atoms with Crippen molar-refractivity contribution in [2.75, 3.05) is 13.6 Å². The van der Waals surface area contributed by atoms with Crippen molar-refractivity contribution in [1.82, 2.24) is 14.7 Å². The molecule has 0 amide bonds. The Balaban J connectivity index is 1.97. The lowest BCUT2D eigenvalue weighted by Crippen LogP contribution is -2.25. The van der Waals surface area contributed by atoms with Crippen LogP contribution in [0, 0.1) is 0 Å². The summed E-state index contributed by atoms with van der Waals surface area (Å²) in [5.41, 5.74) is 1.83. The second-order valence-corrected chi connectivity index (χ2v) is 8.10. The topological polar surface area (TPSA) is 38.1 Å². The number of carbonyl (C=O) groups excluding carboxylic acids is 1. The molecule has 0 aliphatic carbocycles. The maximum atomic E-state index is 12.2. The molecule has 0 atom stereocenters. The maximum Gasteiger partial charge on any atom is 0.178 e. The highest BCUT2D eigenvalue weighted by Gasteiger charge is 2.15. The lowest BCUT2D eigenvalue weighted by atomic mass is 10.2. The van der Waals surface area contributed by atoms with E-state index in [9.17, 15) is 4.79 Å². The number of thiophene rings is 1. The van der Waals surface area contributed by atoms with Crippen LogP contribution in [0.1, 0.15) is 15.9 Å². The van der Waals surface area contributed by atoms with E-state index in [4.69, 9.17) is 0 Å². The third-order valence-corrected chi connectivity index (χ3v) is 4.92. The van der Waals surface area contributed by atoms with E-state index in [2.05, 4.69) is 37.0 Å². The summed E-state index contributed by atoms with van der Waals surface area (Å²) in [7, 11) is 3.81. The molecule has 2 rings (SSSR count). The molecule has 0 saturated carbocycles. The zero-order chi connectivity index (χ0) is 14.0. The molecule has 0 aliphatic rings. The van der Waals surface area contributed by atoms with Gasteiger partial charge in [0.2, 0.25) is 0 Å². The van der Waals surface area contributed by atoms with E-state index in [1.807, 2.05) is 37.5 Å². The van der Waals surface area contributed by atoms with Crippen molar-refractivity contribution in [2.45, 2.75) is 6.54 Å². The number of rotatable bonds is 5. The standard InChI is InChI=1S/C12H13Br2N3OS/c1-16(5-8-4-15-17(2)6-8)7-10(18)9-3-11(13)19-12(9)14/h3-4,6H,5,7H2,1-2H3. The van der Waals surface area contributed by atoms with Crippen molar-refractivity contribution in [1.29, 1.82) is 0 Å². The van der Waals surface area contributed by atoms with Crippen LogP contribution in [0.5, 0.6) is 0 Å². The van der Waals surface area contributed by atoms with Crippen LogP contribution in [0.15, 0.2) is 26.0 Å². The van der Waals surface area contributed by atoms with Crippen LogP contribution < -0.4 is 0 Å². The number of nitrogens with zero attached hydrogens (tertiary/aromatic N) is 3. The van der Waals surface area contributed by atoms with Crippen molar-refractivity contribution in [3.8, 4) is 0 Å². The van der Waals surface area contributed by atoms with E-state index in [1.165, 1.54) is 11.3 Å². The molecule has 2 aromatic heterocycles. The lowest BCUT2D eigenvalue weighted by molar-refractivity contribution is 0.0943. The molecule has 0 N–H and O–H groups in total. The Labute approximate surface area is 132 Å². The lowest BCUT2D eigenvalue weighted by Gasteiger charge is -2.14. The smallest absolute Gasteiger partial charge is 0.178 e. The van der Waals surface area contributed by atoms with Gasteiger partial charge < -0.3 is 0 Å². The Morgan fingerprint density at radius 2 is 2.26 bits per heavy atom. The molecule has 0 radical (unpaired) electrons. The molecule has 2 aromatic rings. The molecule has 0 aliphatic heterocycles. The molecule has 0 spiro atoms. The van der Waals surface area contributed by atoms with Crippen molar-refractivity contribution in [3.63, 3.8) is 0 Å². The zero-order valence-electron chi connectivity index (χ0n) is 10.6. The molecule has 4 nitrogen and oxygen atoms in total. The highest BCUT2D eigenvalue weighted by Crippen LogP contribution is 2.32. The number of hydrogen-bond donors (Lipinski definition) is 0. The van der Waals surface area contributed by atoms with E-state index in [-0.39, 0.29) is 5.78 Å². The van der Waals surface area contributed by atoms with Gasteiger partial charge in [-0.15, -0.1) is 11.3 Å². The van der Waals surface area contributed by atoms with Gasteiger partial charge in [0, 0.05) is 30.9 Å². The van der Waals surface area contributed by atoms with E-state index in [1.54, 1.807) is 4.68 Å². The van der Waals surface area contributed by atoms with Crippen molar-refractivity contribution in [2.24, 2.45) is 7.05 Å². The van der Waals surface area contributed by atoms with E-state index in [0.29, 0.717) is 13.1 Å². The minimum absolute atomic E-state index is 0.111. The van der Waals surface area contributed by atoms with Gasteiger partial charge in [0.1, 0.15) is 0 Å². The summed E-state index contributed by atoms with van der Waals surface area (Å²) in [5.74, 6) is 0.111. The monoisotopic (exact) mass is 405 g/mol. The van der Waals surface area contributed by atoms with E-state index in [0.717, 1.165) is 18.7 Å². The number of halogens is 2. The Kier molecular flexibility index (Phi) is 4.94. The number of hydrogen-bond acceptors (Lipinski definition) is 4. The summed E-state index contributed by atoms with van der Waals surface area (Å²) >= 11 is 8.31. The summed E-state index contributed by atoms with van der Waals surface area (Å²) in [5, 5.41) is 4.12. The van der Waals surface area contributed by atoms with Crippen LogP contribution >= 0.6 is 43.2 Å². The summed E-state index contributed by atoms with van der Waals surface area (Å²) in [6.07, 6.45) is 3.77. The third-order valence-electron chi connectivity index (χ3n) is 2.58. The van der Waals surface area contributed by atoms with Crippen LogP contribution in [0.4, 0.5) is 0 Å². The predicted octanol–water partition coefficient (Wildman–Crippen LogP) is 3.32. The number of ketones is 1. The van der Waals surface area contributed by atoms with Gasteiger partial charge in [-0.1, -0.05) is 0 Å². The first-order valence-corrected chi connectivity index (χ1v) is 8.00. The Morgan fingerprint density at radius 1 is 1.53 bits per heavy atom. The number of carbonyl (C=O) groups is 1. The summed E-state index contributed by atoms with van der Waals surface area (Å²) in [4.78, 5) is 14.2. The Hall–Kier alpha value is -0.500. The molecule has 102 valence electrons. The molecule has 19 heavy (non-hydrogen) atoms. The highest BCUT2D eigenvalue weighted by atomic mass is 79.9. The van der Waals surface area contributed by atoms with Gasteiger partial charge in [0.05, 0.1) is 20.3 Å². The number of aryl methyl sites for hydroxylation is 1. The first kappa shape index (κ1) is 14.9. The van der Waals surface area contributed by atoms with Crippen LogP contribution in [0.25, 0.3) is 0 Å². The van der Waals surface area contributed by atoms with Gasteiger partial charge in [0.25, 0.3) is 0 Å². The van der Waals surface area contributed by atoms with Gasteiger partial charge in [0.15, 0.2) is 5.78 Å². The fourth-order valence-electron chi connectivity index (χ4n) is 1.78. The second kappa shape index (κ2) is 6.30. The second-order valence-electron chi connectivity index (χ2n) is 4.36. The van der Waals surface area contributed by atoms with Crippen molar-refractivity contribution >= 4 is 49.0 Å². The number of aromatic nitrogens is 2. The molecule has 0 unspecified atom stereocenters.